The second-order valence-electron chi connectivity index (χ2n) is 5.49. The lowest BCUT2D eigenvalue weighted by atomic mass is 9.69. The fourth-order valence-corrected chi connectivity index (χ4v) is 3.26. The van der Waals surface area contributed by atoms with Crippen molar-refractivity contribution in [2.24, 2.45) is 23.7 Å². The number of carbonyl (C=O) groups is 1. The van der Waals surface area contributed by atoms with Gasteiger partial charge >= 0.3 is 5.97 Å². The summed E-state index contributed by atoms with van der Waals surface area (Å²) in [4.78, 5) is 11.3. The minimum Gasteiger partial charge on any atom is -0.462 e. The van der Waals surface area contributed by atoms with Crippen molar-refractivity contribution in [3.63, 3.8) is 0 Å². The average Bonchev–Trinajstić information content (AvgIpc) is 2.58. The van der Waals surface area contributed by atoms with E-state index < -0.39 is 0 Å². The summed E-state index contributed by atoms with van der Waals surface area (Å²) in [7, 11) is 0. The van der Waals surface area contributed by atoms with Crippen molar-refractivity contribution in [2.75, 3.05) is 0 Å². The maximum absolute atomic E-state index is 11.3. The standard InChI is InChI=1S/C13H22O2/c1-4-8(2)10-5-9(3)11-7-13(14)15-12(11)6-10/h8-12H,4-7H2,1-3H3. The number of carbonyl (C=O) groups excluding carboxylic acids is 1. The number of ether oxygens (including phenoxy) is 1. The molecule has 5 unspecified atom stereocenters. The van der Waals surface area contributed by atoms with Crippen LogP contribution < -0.4 is 0 Å². The zero-order valence-electron chi connectivity index (χ0n) is 10.0. The number of fused-ring (bicyclic) bond motifs is 1. The summed E-state index contributed by atoms with van der Waals surface area (Å²) in [5, 5.41) is 0. The quantitative estimate of drug-likeness (QED) is 0.655. The molecule has 2 fully saturated rings. The molecule has 0 aromatic heterocycles. The molecule has 0 aromatic rings. The van der Waals surface area contributed by atoms with Gasteiger partial charge in [-0.1, -0.05) is 27.2 Å². The molecule has 1 aliphatic heterocycles. The lowest BCUT2D eigenvalue weighted by molar-refractivity contribution is -0.142. The van der Waals surface area contributed by atoms with Crippen LogP contribution in [0.3, 0.4) is 0 Å². The van der Waals surface area contributed by atoms with E-state index >= 15 is 0 Å². The minimum absolute atomic E-state index is 0.0293. The number of hydrogen-bond donors (Lipinski definition) is 0. The molecule has 1 aliphatic carbocycles. The Bertz CT molecular complexity index is 249. The molecule has 0 N–H and O–H groups in total. The summed E-state index contributed by atoms with van der Waals surface area (Å²) in [5.41, 5.74) is 0. The van der Waals surface area contributed by atoms with Gasteiger partial charge in [-0.05, 0) is 30.6 Å². The molecule has 1 saturated heterocycles. The molecule has 0 bridgehead atoms. The first-order chi connectivity index (χ1) is 7.11. The fraction of sp³-hybridized carbons (Fsp3) is 0.923. The highest BCUT2D eigenvalue weighted by Gasteiger charge is 2.44. The molecule has 2 nitrogen and oxygen atoms in total. The van der Waals surface area contributed by atoms with Crippen molar-refractivity contribution in [3.8, 4) is 0 Å². The Morgan fingerprint density at radius 1 is 1.47 bits per heavy atom. The Hall–Kier alpha value is -0.530. The van der Waals surface area contributed by atoms with Crippen LogP contribution in [0.1, 0.15) is 46.5 Å². The number of rotatable bonds is 2. The van der Waals surface area contributed by atoms with Crippen molar-refractivity contribution in [1.82, 2.24) is 0 Å². The molecular weight excluding hydrogens is 188 g/mol. The first-order valence-electron chi connectivity index (χ1n) is 6.31. The fourth-order valence-electron chi connectivity index (χ4n) is 3.26. The monoisotopic (exact) mass is 210 g/mol. The van der Waals surface area contributed by atoms with Crippen molar-refractivity contribution in [1.29, 1.82) is 0 Å². The Labute approximate surface area is 92.4 Å². The normalized spacial score (nSPS) is 42.2. The molecule has 5 atom stereocenters. The molecular formula is C13H22O2. The van der Waals surface area contributed by atoms with Crippen LogP contribution >= 0.6 is 0 Å². The lowest BCUT2D eigenvalue weighted by Gasteiger charge is -2.37. The first kappa shape index (κ1) is 11.0. The molecule has 0 radical (unpaired) electrons. The van der Waals surface area contributed by atoms with Crippen LogP contribution in [0.4, 0.5) is 0 Å². The van der Waals surface area contributed by atoms with Gasteiger partial charge in [-0.3, -0.25) is 4.79 Å². The topological polar surface area (TPSA) is 26.3 Å². The highest BCUT2D eigenvalue weighted by Crippen LogP contribution is 2.44. The van der Waals surface area contributed by atoms with E-state index in [4.69, 9.17) is 4.74 Å². The van der Waals surface area contributed by atoms with Crippen molar-refractivity contribution in [3.05, 3.63) is 0 Å². The van der Waals surface area contributed by atoms with Crippen LogP contribution in [0.5, 0.6) is 0 Å². The third kappa shape index (κ3) is 2.04. The van der Waals surface area contributed by atoms with Crippen LogP contribution in [0.25, 0.3) is 0 Å². The van der Waals surface area contributed by atoms with Crippen LogP contribution in [0.2, 0.25) is 0 Å². The van der Waals surface area contributed by atoms with Gasteiger partial charge in [0.05, 0.1) is 6.42 Å². The van der Waals surface area contributed by atoms with Gasteiger partial charge in [0.25, 0.3) is 0 Å². The van der Waals surface area contributed by atoms with Crippen LogP contribution in [-0.2, 0) is 9.53 Å². The third-order valence-corrected chi connectivity index (χ3v) is 4.55. The summed E-state index contributed by atoms with van der Waals surface area (Å²) in [5.74, 6) is 2.73. The van der Waals surface area contributed by atoms with Gasteiger partial charge in [-0.2, -0.15) is 0 Å². The van der Waals surface area contributed by atoms with Crippen molar-refractivity contribution < 1.29 is 9.53 Å². The Balaban J connectivity index is 2.03. The van der Waals surface area contributed by atoms with Gasteiger partial charge in [0.1, 0.15) is 6.10 Å². The zero-order valence-corrected chi connectivity index (χ0v) is 10.0. The van der Waals surface area contributed by atoms with Crippen molar-refractivity contribution in [2.45, 2.75) is 52.6 Å². The predicted molar refractivity (Wildman–Crippen MR) is 59.3 cm³/mol. The van der Waals surface area contributed by atoms with Crippen LogP contribution in [0.15, 0.2) is 0 Å². The molecule has 0 spiro atoms. The zero-order chi connectivity index (χ0) is 11.0. The molecule has 15 heavy (non-hydrogen) atoms. The maximum atomic E-state index is 11.3. The van der Waals surface area contributed by atoms with Gasteiger partial charge in [-0.15, -0.1) is 0 Å². The second-order valence-corrected chi connectivity index (χ2v) is 5.49. The number of esters is 1. The maximum Gasteiger partial charge on any atom is 0.306 e. The van der Waals surface area contributed by atoms with E-state index in [-0.39, 0.29) is 12.1 Å². The number of hydrogen-bond acceptors (Lipinski definition) is 2. The van der Waals surface area contributed by atoms with Gasteiger partial charge < -0.3 is 4.74 Å². The first-order valence-corrected chi connectivity index (χ1v) is 6.31. The molecule has 2 aliphatic rings. The highest BCUT2D eigenvalue weighted by molar-refractivity contribution is 5.72. The van der Waals surface area contributed by atoms with E-state index in [1.807, 2.05) is 0 Å². The van der Waals surface area contributed by atoms with E-state index in [2.05, 4.69) is 20.8 Å². The van der Waals surface area contributed by atoms with E-state index in [0.29, 0.717) is 18.3 Å². The SMILES string of the molecule is CCC(C)C1CC(C)C2CC(=O)OC2C1. The van der Waals surface area contributed by atoms with Crippen molar-refractivity contribution >= 4 is 5.97 Å². The summed E-state index contributed by atoms with van der Waals surface area (Å²) < 4.78 is 5.42. The van der Waals surface area contributed by atoms with Gasteiger partial charge in [0.15, 0.2) is 0 Å². The molecule has 1 saturated carbocycles. The Morgan fingerprint density at radius 2 is 2.20 bits per heavy atom. The smallest absolute Gasteiger partial charge is 0.306 e. The minimum atomic E-state index is 0.0293. The Morgan fingerprint density at radius 3 is 2.87 bits per heavy atom. The molecule has 86 valence electrons. The summed E-state index contributed by atoms with van der Waals surface area (Å²) >= 11 is 0. The van der Waals surface area contributed by atoms with Gasteiger partial charge in [0.2, 0.25) is 0 Å². The summed E-state index contributed by atoms with van der Waals surface area (Å²) in [6, 6.07) is 0. The second kappa shape index (κ2) is 4.15. The third-order valence-electron chi connectivity index (χ3n) is 4.55. The van der Waals surface area contributed by atoms with E-state index in [0.717, 1.165) is 18.3 Å². The van der Waals surface area contributed by atoms with Crippen LogP contribution in [-0.4, -0.2) is 12.1 Å². The molecule has 1 heterocycles. The highest BCUT2D eigenvalue weighted by atomic mass is 16.5. The largest absolute Gasteiger partial charge is 0.462 e. The summed E-state index contributed by atoms with van der Waals surface area (Å²) in [6.07, 6.45) is 4.53. The van der Waals surface area contributed by atoms with E-state index in [9.17, 15) is 4.79 Å². The Kier molecular flexibility index (Phi) is 3.03. The van der Waals surface area contributed by atoms with Gasteiger partial charge in [-0.25, -0.2) is 0 Å². The van der Waals surface area contributed by atoms with E-state index in [1.165, 1.54) is 12.8 Å². The lowest BCUT2D eigenvalue weighted by Crippen LogP contribution is -2.34. The van der Waals surface area contributed by atoms with E-state index in [1.54, 1.807) is 0 Å². The molecule has 0 amide bonds. The van der Waals surface area contributed by atoms with Crippen LogP contribution in [0, 0.1) is 23.7 Å². The summed E-state index contributed by atoms with van der Waals surface area (Å²) in [6.45, 7) is 6.87. The average molecular weight is 210 g/mol. The molecule has 0 aromatic carbocycles. The predicted octanol–water partition coefficient (Wildman–Crippen LogP) is 3.01. The van der Waals surface area contributed by atoms with Gasteiger partial charge in [0, 0.05) is 5.92 Å². The molecule has 2 heteroatoms. The molecule has 2 rings (SSSR count).